The largest absolute Gasteiger partial charge is 0.478 e. The van der Waals surface area contributed by atoms with Gasteiger partial charge in [-0.25, -0.2) is 4.79 Å². The Morgan fingerprint density at radius 2 is 1.45 bits per heavy atom. The summed E-state index contributed by atoms with van der Waals surface area (Å²) in [6.45, 7) is -1.97. The molecule has 1 heterocycles. The number of rotatable bonds is 10. The van der Waals surface area contributed by atoms with Crippen molar-refractivity contribution in [1.82, 2.24) is 37.2 Å². The summed E-state index contributed by atoms with van der Waals surface area (Å²) in [5.74, 6) is -13.3. The number of nitrogens with one attached hydrogen (secondary N) is 7. The van der Waals surface area contributed by atoms with Crippen LogP contribution in [0.25, 0.3) is 0 Å². The van der Waals surface area contributed by atoms with Crippen molar-refractivity contribution in [3.8, 4) is 0 Å². The molecule has 0 spiro atoms. The predicted octanol–water partition coefficient (Wildman–Crippen LogP) is -1.23. The standard InChI is InChI=1S/C31H33F6N9O9/c32-30(33,34)27(54)39-11-5-4-9-18-24(51)43-17(10-6-12-40-29(38)46-28(55)31(35,36)37)23(50)41-15-21(47)42-20(14-22(48)49)26(53)45-19(25(52)44-18)13-16-7-2-1-3-8-16/h1-3,7-10,14,19H,4-6,11-13,15H2,(H,39,54)(H,41,50)(H,42,47)(H,43,51)(H,44,52)(H,45,53)(H,48,49)(H3,38,40,46,55)/b17-10-,18-9-,20-14+/t19-/m1/s1. The first kappa shape index (κ1) is 44.4. The van der Waals surface area contributed by atoms with E-state index in [4.69, 9.17) is 5.73 Å². The molecular weight excluding hydrogens is 756 g/mol. The van der Waals surface area contributed by atoms with E-state index in [1.54, 1.807) is 35.6 Å². The number of nitrogens with zero attached hydrogens (tertiary/aromatic N) is 1. The van der Waals surface area contributed by atoms with Crippen LogP contribution in [0.4, 0.5) is 26.3 Å². The molecule has 55 heavy (non-hydrogen) atoms. The third-order valence-corrected chi connectivity index (χ3v) is 6.63. The molecule has 1 aromatic rings. The molecule has 1 aromatic carbocycles. The molecule has 298 valence electrons. The van der Waals surface area contributed by atoms with Gasteiger partial charge >= 0.3 is 30.1 Å². The number of alkyl halides is 6. The van der Waals surface area contributed by atoms with Gasteiger partial charge in [0.05, 0.1) is 12.6 Å². The molecule has 0 bridgehead atoms. The van der Waals surface area contributed by atoms with E-state index >= 15 is 0 Å². The lowest BCUT2D eigenvalue weighted by Gasteiger charge is -2.20. The van der Waals surface area contributed by atoms with Crippen LogP contribution in [0.15, 0.2) is 70.6 Å². The summed E-state index contributed by atoms with van der Waals surface area (Å²) in [5.41, 5.74) is 3.55. The van der Waals surface area contributed by atoms with Crippen molar-refractivity contribution >= 4 is 53.3 Å². The molecule has 0 unspecified atom stereocenters. The molecule has 0 radical (unpaired) electrons. The Morgan fingerprint density at radius 3 is 2.07 bits per heavy atom. The van der Waals surface area contributed by atoms with Crippen LogP contribution in [0.5, 0.6) is 0 Å². The Bertz CT molecular complexity index is 1780. The maximum atomic E-state index is 13.6. The first-order valence-corrected chi connectivity index (χ1v) is 15.6. The SMILES string of the molecule is NC(=NCC/C=C1\NC(=O)/C(=C/CCCNC(=O)C(F)(F)F)NC(=O)[C@@H](Cc2ccccc2)NC(=O)/C(=C\C(=O)O)NC(=O)CNC1=O)NC(=O)C(F)(F)F. The molecule has 10 N–H and O–H groups in total. The summed E-state index contributed by atoms with van der Waals surface area (Å²) < 4.78 is 75.1. The lowest BCUT2D eigenvalue weighted by molar-refractivity contribution is -0.173. The molecule has 1 fully saturated rings. The molecule has 18 nitrogen and oxygen atoms in total. The molecule has 1 aliphatic rings. The van der Waals surface area contributed by atoms with Gasteiger partial charge in [-0.2, -0.15) is 26.3 Å². The molecule has 7 amide bonds. The number of hydrogen-bond donors (Lipinski definition) is 9. The summed E-state index contributed by atoms with van der Waals surface area (Å²) in [6, 6.07) is 6.33. The van der Waals surface area contributed by atoms with Crippen molar-refractivity contribution < 1.29 is 69.8 Å². The number of benzene rings is 1. The van der Waals surface area contributed by atoms with E-state index in [0.29, 0.717) is 11.6 Å². The van der Waals surface area contributed by atoms with Gasteiger partial charge in [-0.05, 0) is 24.8 Å². The zero-order valence-electron chi connectivity index (χ0n) is 28.2. The first-order chi connectivity index (χ1) is 25.7. The maximum Gasteiger partial charge on any atom is 0.471 e. The Hall–Kier alpha value is -6.75. The fourth-order valence-corrected chi connectivity index (χ4v) is 4.11. The second-order valence-corrected chi connectivity index (χ2v) is 10.9. The predicted molar refractivity (Wildman–Crippen MR) is 175 cm³/mol. The monoisotopic (exact) mass is 789 g/mol. The van der Waals surface area contributed by atoms with Crippen molar-refractivity contribution in [1.29, 1.82) is 0 Å². The van der Waals surface area contributed by atoms with Crippen molar-refractivity contribution in [3.63, 3.8) is 0 Å². The Kier molecular flexibility index (Phi) is 16.5. The van der Waals surface area contributed by atoms with Crippen molar-refractivity contribution in [2.45, 2.75) is 44.1 Å². The third kappa shape index (κ3) is 16.2. The minimum atomic E-state index is -5.28. The number of nitrogens with two attached hydrogens (primary N) is 1. The number of carboxylic acids is 1. The highest BCUT2D eigenvalue weighted by molar-refractivity contribution is 6.07. The van der Waals surface area contributed by atoms with Crippen molar-refractivity contribution in [2.75, 3.05) is 19.6 Å². The van der Waals surface area contributed by atoms with Gasteiger partial charge in [-0.3, -0.25) is 43.9 Å². The lowest BCUT2D eigenvalue weighted by atomic mass is 10.0. The molecule has 0 aliphatic carbocycles. The van der Waals surface area contributed by atoms with Crippen molar-refractivity contribution in [2.24, 2.45) is 10.7 Å². The topological polar surface area (TPSA) is 279 Å². The van der Waals surface area contributed by atoms with Crippen molar-refractivity contribution in [3.05, 3.63) is 71.2 Å². The second-order valence-electron chi connectivity index (χ2n) is 10.9. The molecule has 0 saturated carbocycles. The average molecular weight is 790 g/mol. The summed E-state index contributed by atoms with van der Waals surface area (Å²) >= 11 is 0. The second kappa shape index (κ2) is 20.5. The van der Waals surface area contributed by atoms with Crippen LogP contribution in [0, 0.1) is 0 Å². The highest BCUT2D eigenvalue weighted by atomic mass is 19.4. The van der Waals surface area contributed by atoms with E-state index in [-0.39, 0.29) is 25.7 Å². The number of aliphatic imine (C=N–C) groups is 1. The quantitative estimate of drug-likeness (QED) is 0.0448. The van der Waals surface area contributed by atoms with Gasteiger partial charge in [0.25, 0.3) is 17.7 Å². The zero-order chi connectivity index (χ0) is 41.3. The smallest absolute Gasteiger partial charge is 0.471 e. The highest BCUT2D eigenvalue weighted by Crippen LogP contribution is 2.15. The van der Waals surface area contributed by atoms with Crippen LogP contribution >= 0.6 is 0 Å². The molecule has 1 saturated heterocycles. The number of hydrogen-bond acceptors (Lipinski definition) is 9. The summed E-state index contributed by atoms with van der Waals surface area (Å²) in [5, 5.41) is 22.9. The number of halogens is 6. The highest BCUT2D eigenvalue weighted by Gasteiger charge is 2.39. The van der Waals surface area contributed by atoms with E-state index < -0.39 is 108 Å². The van der Waals surface area contributed by atoms with Gasteiger partial charge in [0, 0.05) is 19.5 Å². The molecule has 2 rings (SSSR count). The number of carbonyl (C=O) groups is 8. The Labute approximate surface area is 306 Å². The summed E-state index contributed by atoms with van der Waals surface area (Å²) in [7, 11) is 0. The van der Waals surface area contributed by atoms with Gasteiger partial charge in [-0.1, -0.05) is 42.5 Å². The third-order valence-electron chi connectivity index (χ3n) is 6.63. The zero-order valence-corrected chi connectivity index (χ0v) is 28.2. The number of carboxylic acid groups (broad SMARTS) is 1. The van der Waals surface area contributed by atoms with E-state index in [9.17, 15) is 69.8 Å². The van der Waals surface area contributed by atoms with Gasteiger partial charge in [-0.15, -0.1) is 0 Å². The van der Waals surface area contributed by atoms with E-state index in [1.807, 2.05) is 5.32 Å². The van der Waals surface area contributed by atoms with Gasteiger partial charge < -0.3 is 42.7 Å². The minimum absolute atomic E-state index is 0.219. The average Bonchev–Trinajstić information content (AvgIpc) is 3.09. The summed E-state index contributed by atoms with van der Waals surface area (Å²) in [4.78, 5) is 103. The molecular formula is C31H33F6N9O9. The fourth-order valence-electron chi connectivity index (χ4n) is 4.11. The number of aliphatic carboxylic acids is 1. The van der Waals surface area contributed by atoms with E-state index in [0.717, 1.165) is 12.2 Å². The minimum Gasteiger partial charge on any atom is -0.478 e. The number of unbranched alkanes of at least 4 members (excludes halogenated alkanes) is 1. The number of carbonyl (C=O) groups excluding carboxylic acids is 7. The summed E-state index contributed by atoms with van der Waals surface area (Å²) in [6.07, 6.45) is -9.33. The lowest BCUT2D eigenvalue weighted by Crippen LogP contribution is -2.51. The van der Waals surface area contributed by atoms with Crippen LogP contribution in [0.2, 0.25) is 0 Å². The molecule has 24 heteroatoms. The fraction of sp³-hybridized carbons (Fsp3) is 0.323. The van der Waals surface area contributed by atoms with E-state index in [1.165, 1.54) is 5.32 Å². The van der Waals surface area contributed by atoms with Crippen LogP contribution in [-0.4, -0.2) is 96.4 Å². The van der Waals surface area contributed by atoms with Crippen LogP contribution in [0.1, 0.15) is 24.8 Å². The van der Waals surface area contributed by atoms with Gasteiger partial charge in [0.2, 0.25) is 11.8 Å². The molecule has 1 aliphatic heterocycles. The van der Waals surface area contributed by atoms with E-state index in [2.05, 4.69) is 26.3 Å². The first-order valence-electron chi connectivity index (χ1n) is 15.6. The van der Waals surface area contributed by atoms with Crippen LogP contribution < -0.4 is 43.0 Å². The van der Waals surface area contributed by atoms with Crippen LogP contribution in [0.3, 0.4) is 0 Å². The molecule has 0 aromatic heterocycles. The van der Waals surface area contributed by atoms with Gasteiger partial charge in [0.15, 0.2) is 5.96 Å². The number of amides is 7. The Balaban J connectivity index is 2.53. The Morgan fingerprint density at radius 1 is 0.836 bits per heavy atom. The number of guanidine groups is 1. The normalized spacial score (nSPS) is 18.9. The van der Waals surface area contributed by atoms with Gasteiger partial charge in [0.1, 0.15) is 23.1 Å². The molecule has 1 atom stereocenters. The maximum absolute atomic E-state index is 13.6. The number of allylic oxidation sites excluding steroid dienone is 1. The van der Waals surface area contributed by atoms with Crippen LogP contribution in [-0.2, 0) is 44.8 Å².